The Morgan fingerprint density at radius 1 is 0.639 bits per heavy atom. The van der Waals surface area contributed by atoms with E-state index in [1.165, 1.54) is 58.4 Å². The standard InChI is InChI=1S/C43H54O18/c1-23(13-9-15-25(3)40(52)53)11-7-8-12-24(2)14-10-16-26(4)41(54)61-43-39(51)37(49)35(47)31(60-43)22-58-42-38(50)36(48)34(46)30(59-42)21-57-32(44)18-17-27-19-28(55-5)33(45)29(20-27)56-6/h7-20,30-31,34-39,42-43,45-51H,21-22H2,1-6H3,(H,52,53)/b8-7+,13-9+,14-10+,18-17+,23-11+,24-12+,25-15+,26-16+/t30-,31-,34-,35-,36+,37+,38-,39-,42-,43+/m1/s1. The number of aromatic hydroxyl groups is 1. The number of allylic oxidation sites excluding steroid dienone is 12. The van der Waals surface area contributed by atoms with Crippen molar-refractivity contribution in [2.24, 2.45) is 0 Å². The highest BCUT2D eigenvalue weighted by atomic mass is 16.7. The third-order valence-corrected chi connectivity index (χ3v) is 9.19. The van der Waals surface area contributed by atoms with Crippen molar-refractivity contribution in [1.82, 2.24) is 0 Å². The summed E-state index contributed by atoms with van der Waals surface area (Å²) in [7, 11) is 2.67. The predicted molar refractivity (Wildman–Crippen MR) is 217 cm³/mol. The van der Waals surface area contributed by atoms with Crippen LogP contribution in [0.3, 0.4) is 0 Å². The number of phenolic OH excluding ortho intramolecular Hbond substituents is 1. The molecular weight excluding hydrogens is 804 g/mol. The first-order chi connectivity index (χ1) is 28.9. The Morgan fingerprint density at radius 3 is 1.66 bits per heavy atom. The van der Waals surface area contributed by atoms with Crippen molar-refractivity contribution in [3.63, 3.8) is 0 Å². The van der Waals surface area contributed by atoms with Crippen LogP contribution < -0.4 is 9.47 Å². The second kappa shape index (κ2) is 24.1. The molecule has 8 N–H and O–H groups in total. The number of aliphatic hydroxyl groups is 6. The second-order valence-corrected chi connectivity index (χ2v) is 13.9. The topological polar surface area (TPSA) is 278 Å². The van der Waals surface area contributed by atoms with Crippen LogP contribution in [0.1, 0.15) is 33.3 Å². The summed E-state index contributed by atoms with van der Waals surface area (Å²) in [5.74, 6) is -2.86. The summed E-state index contributed by atoms with van der Waals surface area (Å²) in [6.07, 6.45) is 2.04. The molecule has 0 radical (unpaired) electrons. The molecule has 10 atom stereocenters. The summed E-state index contributed by atoms with van der Waals surface area (Å²) in [5.41, 5.74) is 2.44. The van der Waals surface area contributed by atoms with Crippen LogP contribution in [0.5, 0.6) is 17.2 Å². The minimum atomic E-state index is -1.87. The largest absolute Gasteiger partial charge is 0.502 e. The number of aliphatic carboxylic acids is 1. The lowest BCUT2D eigenvalue weighted by Crippen LogP contribution is -2.62. The molecule has 0 saturated carbocycles. The first kappa shape index (κ1) is 49.9. The van der Waals surface area contributed by atoms with Gasteiger partial charge in [-0.25, -0.2) is 14.4 Å². The van der Waals surface area contributed by atoms with Crippen molar-refractivity contribution in [2.45, 2.75) is 89.1 Å². The van der Waals surface area contributed by atoms with E-state index in [4.69, 9.17) is 38.3 Å². The highest BCUT2D eigenvalue weighted by Crippen LogP contribution is 2.37. The quantitative estimate of drug-likeness (QED) is 0.0592. The van der Waals surface area contributed by atoms with Crippen molar-refractivity contribution >= 4 is 24.0 Å². The van der Waals surface area contributed by atoms with Crippen LogP contribution in [0.25, 0.3) is 6.08 Å². The number of hydrogen-bond donors (Lipinski definition) is 8. The van der Waals surface area contributed by atoms with Crippen molar-refractivity contribution < 1.29 is 88.4 Å². The van der Waals surface area contributed by atoms with E-state index < -0.39 is 92.5 Å². The van der Waals surface area contributed by atoms with Crippen molar-refractivity contribution in [3.8, 4) is 17.2 Å². The SMILES string of the molecule is COc1cc(/C=C/C(=O)OC[C@H]2O[C@@H](OC[C@H]3O[C@@H](OC(=O)/C(C)=C/C=C/C(C)=C/C=C/C=C(C)/C=C/C=C(\C)C(=O)O)[C@H](O)[C@@H](O)[C@@H]3O)[C@H](O)[C@@H](O)[C@@H]2O)cc(OC)c1O. The van der Waals surface area contributed by atoms with Gasteiger partial charge in [0.25, 0.3) is 0 Å². The van der Waals surface area contributed by atoms with Gasteiger partial charge < -0.3 is 74.0 Å². The number of carboxylic acids is 1. The van der Waals surface area contributed by atoms with Gasteiger partial charge in [-0.3, -0.25) is 0 Å². The van der Waals surface area contributed by atoms with E-state index in [1.807, 2.05) is 26.0 Å². The molecule has 2 aliphatic rings. The number of methoxy groups -OCH3 is 2. The fourth-order valence-corrected chi connectivity index (χ4v) is 5.47. The van der Waals surface area contributed by atoms with E-state index in [9.17, 15) is 50.1 Å². The van der Waals surface area contributed by atoms with Gasteiger partial charge in [0.15, 0.2) is 17.8 Å². The van der Waals surface area contributed by atoms with Crippen LogP contribution >= 0.6 is 0 Å². The molecule has 0 bridgehead atoms. The van der Waals surface area contributed by atoms with E-state index in [0.717, 1.165) is 17.2 Å². The number of carboxylic acid groups (broad SMARTS) is 1. The number of carbonyl (C=O) groups excluding carboxylic acids is 2. The molecule has 1 aromatic carbocycles. The number of phenols is 1. The van der Waals surface area contributed by atoms with Gasteiger partial charge in [-0.2, -0.15) is 0 Å². The molecular formula is C43H54O18. The lowest BCUT2D eigenvalue weighted by atomic mass is 9.98. The number of hydrogen-bond acceptors (Lipinski definition) is 17. The first-order valence-electron chi connectivity index (χ1n) is 18.8. The van der Waals surface area contributed by atoms with Gasteiger partial charge in [0.2, 0.25) is 12.0 Å². The first-order valence-corrected chi connectivity index (χ1v) is 18.8. The van der Waals surface area contributed by atoms with E-state index in [-0.39, 0.29) is 28.4 Å². The van der Waals surface area contributed by atoms with Gasteiger partial charge in [-0.1, -0.05) is 71.9 Å². The Bertz CT molecular complexity index is 1900. The molecule has 2 fully saturated rings. The highest BCUT2D eigenvalue weighted by Gasteiger charge is 2.48. The summed E-state index contributed by atoms with van der Waals surface area (Å²) in [6, 6.07) is 2.87. The van der Waals surface area contributed by atoms with Crippen LogP contribution in [0.2, 0.25) is 0 Å². The fourth-order valence-electron chi connectivity index (χ4n) is 5.47. The monoisotopic (exact) mass is 858 g/mol. The van der Waals surface area contributed by atoms with Crippen LogP contribution in [0, 0.1) is 0 Å². The smallest absolute Gasteiger partial charge is 0.336 e. The molecule has 18 nitrogen and oxygen atoms in total. The lowest BCUT2D eigenvalue weighted by molar-refractivity contribution is -0.326. The van der Waals surface area contributed by atoms with Gasteiger partial charge in [0.05, 0.1) is 20.8 Å². The molecule has 2 heterocycles. The minimum absolute atomic E-state index is 0.0900. The minimum Gasteiger partial charge on any atom is -0.502 e. The number of esters is 2. The Hall–Kier alpha value is -5.41. The van der Waals surface area contributed by atoms with Gasteiger partial charge in [-0.15, -0.1) is 0 Å². The summed E-state index contributed by atoms with van der Waals surface area (Å²) < 4.78 is 37.3. The molecule has 0 amide bonds. The molecule has 0 spiro atoms. The van der Waals surface area contributed by atoms with Crippen LogP contribution in [-0.2, 0) is 38.1 Å². The third-order valence-electron chi connectivity index (χ3n) is 9.19. The molecule has 1 aromatic rings. The Labute approximate surface area is 352 Å². The number of rotatable bonds is 18. The fraction of sp³-hybridized carbons (Fsp3) is 0.419. The van der Waals surface area contributed by atoms with Crippen molar-refractivity contribution in [2.75, 3.05) is 27.4 Å². The number of benzene rings is 1. The molecule has 3 rings (SSSR count). The highest BCUT2D eigenvalue weighted by molar-refractivity contribution is 5.88. The maximum absolute atomic E-state index is 12.9. The third kappa shape index (κ3) is 14.9. The molecule has 0 unspecified atom stereocenters. The van der Waals surface area contributed by atoms with Crippen molar-refractivity contribution in [3.05, 3.63) is 107 Å². The van der Waals surface area contributed by atoms with Crippen molar-refractivity contribution in [1.29, 1.82) is 0 Å². The van der Waals surface area contributed by atoms with Gasteiger partial charge in [0, 0.05) is 17.2 Å². The molecule has 2 saturated heterocycles. The Kier molecular flexibility index (Phi) is 19.8. The maximum Gasteiger partial charge on any atom is 0.336 e. The van der Waals surface area contributed by atoms with Gasteiger partial charge in [0.1, 0.15) is 55.4 Å². The van der Waals surface area contributed by atoms with E-state index in [1.54, 1.807) is 36.5 Å². The Balaban J connectivity index is 1.56. The number of ether oxygens (including phenoxy) is 7. The maximum atomic E-state index is 12.9. The summed E-state index contributed by atoms with van der Waals surface area (Å²) in [4.78, 5) is 36.2. The van der Waals surface area contributed by atoms with E-state index >= 15 is 0 Å². The Morgan fingerprint density at radius 2 is 1.13 bits per heavy atom. The van der Waals surface area contributed by atoms with Gasteiger partial charge in [-0.05, 0) is 51.5 Å². The molecule has 0 aromatic heterocycles. The van der Waals surface area contributed by atoms with Crippen LogP contribution in [0.4, 0.5) is 0 Å². The zero-order valence-corrected chi connectivity index (χ0v) is 34.4. The van der Waals surface area contributed by atoms with Crippen LogP contribution in [-0.4, -0.2) is 148 Å². The normalized spacial score (nSPS) is 28.2. The van der Waals surface area contributed by atoms with E-state index in [2.05, 4.69) is 0 Å². The molecule has 334 valence electrons. The molecule has 18 heteroatoms. The number of aliphatic hydroxyl groups excluding tert-OH is 6. The average molecular weight is 859 g/mol. The lowest BCUT2D eigenvalue weighted by Gasteiger charge is -2.42. The average Bonchev–Trinajstić information content (AvgIpc) is 3.23. The summed E-state index contributed by atoms with van der Waals surface area (Å²) in [6.45, 7) is 5.37. The number of carbonyl (C=O) groups is 3. The zero-order chi connectivity index (χ0) is 45.4. The van der Waals surface area contributed by atoms with Gasteiger partial charge >= 0.3 is 17.9 Å². The molecule has 2 aliphatic heterocycles. The summed E-state index contributed by atoms with van der Waals surface area (Å²) >= 11 is 0. The molecule has 0 aliphatic carbocycles. The molecule has 61 heavy (non-hydrogen) atoms. The summed E-state index contributed by atoms with van der Waals surface area (Å²) in [5, 5.41) is 82.2. The van der Waals surface area contributed by atoms with Crippen LogP contribution in [0.15, 0.2) is 101 Å². The predicted octanol–water partition coefficient (Wildman–Crippen LogP) is 1.68. The second-order valence-electron chi connectivity index (χ2n) is 13.9. The zero-order valence-electron chi connectivity index (χ0n) is 34.4. The van der Waals surface area contributed by atoms with E-state index in [0.29, 0.717) is 5.56 Å².